The van der Waals surface area contributed by atoms with E-state index in [-0.39, 0.29) is 36.1 Å². The number of amides is 1. The Hall–Kier alpha value is -2.99. The minimum absolute atomic E-state index is 0.0379. The second-order valence-electron chi connectivity index (χ2n) is 10.2. The zero-order chi connectivity index (χ0) is 27.1. The molecule has 0 unspecified atom stereocenters. The molecule has 1 amide bonds. The van der Waals surface area contributed by atoms with Gasteiger partial charge in [0, 0.05) is 24.2 Å². The van der Waals surface area contributed by atoms with Gasteiger partial charge in [0.1, 0.15) is 10.7 Å². The summed E-state index contributed by atoms with van der Waals surface area (Å²) in [6, 6.07) is 8.68. The standard InChI is InChI=1S/C26H30F3N5O3S/c1-30-38(36,37)21-10-7-19(31-15-21)14-32-25(35)17-4-11-23-22(13-17)33-24(34(23)20-8-9-20)12-16-2-5-18(6-3-16)26(27,28)29/h4,7,10-11,13,15-16,18,20,30H,2-3,5-6,8-9,12,14H2,1H3,(H,32,35)/t16-,18-. The molecule has 0 saturated heterocycles. The van der Waals surface area contributed by atoms with Crippen molar-refractivity contribution in [3.05, 3.63) is 53.6 Å². The Morgan fingerprint density at radius 2 is 1.82 bits per heavy atom. The number of aromatic nitrogens is 3. The topological polar surface area (TPSA) is 106 Å². The lowest BCUT2D eigenvalue weighted by Crippen LogP contribution is -2.28. The Labute approximate surface area is 219 Å². The van der Waals surface area contributed by atoms with Crippen LogP contribution in [0.15, 0.2) is 41.4 Å². The first kappa shape index (κ1) is 26.6. The molecule has 8 nitrogen and oxygen atoms in total. The van der Waals surface area contributed by atoms with Crippen molar-refractivity contribution in [1.29, 1.82) is 0 Å². The molecule has 2 aromatic heterocycles. The number of carbonyl (C=O) groups is 1. The van der Waals surface area contributed by atoms with Gasteiger partial charge in [0.05, 0.1) is 29.2 Å². The van der Waals surface area contributed by atoms with Crippen LogP contribution in [0.4, 0.5) is 13.2 Å². The molecule has 0 atom stereocenters. The molecule has 204 valence electrons. The van der Waals surface area contributed by atoms with Gasteiger partial charge in [-0.3, -0.25) is 9.78 Å². The summed E-state index contributed by atoms with van der Waals surface area (Å²) in [6.07, 6.45) is 1.28. The fourth-order valence-electron chi connectivity index (χ4n) is 5.19. The van der Waals surface area contributed by atoms with Crippen LogP contribution < -0.4 is 10.0 Å². The van der Waals surface area contributed by atoms with E-state index in [1.165, 1.54) is 19.3 Å². The summed E-state index contributed by atoms with van der Waals surface area (Å²) in [4.78, 5) is 21.8. The van der Waals surface area contributed by atoms with Gasteiger partial charge in [-0.2, -0.15) is 13.2 Å². The largest absolute Gasteiger partial charge is 0.391 e. The molecule has 38 heavy (non-hydrogen) atoms. The summed E-state index contributed by atoms with van der Waals surface area (Å²) in [5.41, 5.74) is 2.58. The fraction of sp³-hybridized carbons (Fsp3) is 0.500. The van der Waals surface area contributed by atoms with Crippen LogP contribution in [0.2, 0.25) is 0 Å². The highest BCUT2D eigenvalue weighted by atomic mass is 32.2. The quantitative estimate of drug-likeness (QED) is 0.430. The lowest BCUT2D eigenvalue weighted by molar-refractivity contribution is -0.183. The summed E-state index contributed by atoms with van der Waals surface area (Å²) in [5.74, 6) is -0.450. The number of rotatable bonds is 8. The zero-order valence-corrected chi connectivity index (χ0v) is 21.8. The molecular weight excluding hydrogens is 519 g/mol. The highest BCUT2D eigenvalue weighted by Crippen LogP contribution is 2.42. The third kappa shape index (κ3) is 5.70. The van der Waals surface area contributed by atoms with Gasteiger partial charge in [-0.15, -0.1) is 0 Å². The third-order valence-electron chi connectivity index (χ3n) is 7.52. The van der Waals surface area contributed by atoms with Crippen molar-refractivity contribution >= 4 is 27.0 Å². The number of halogens is 3. The SMILES string of the molecule is CNS(=O)(=O)c1ccc(CNC(=O)c2ccc3c(c2)nc(C[C@H]2CC[C@H](C(F)(F)F)CC2)n3C2CC2)nc1. The van der Waals surface area contributed by atoms with Crippen LogP contribution >= 0.6 is 0 Å². The van der Waals surface area contributed by atoms with E-state index in [9.17, 15) is 26.4 Å². The summed E-state index contributed by atoms with van der Waals surface area (Å²) < 4.78 is 67.3. The number of carbonyl (C=O) groups excluding carboxylic acids is 1. The highest BCUT2D eigenvalue weighted by molar-refractivity contribution is 7.89. The predicted octanol–water partition coefficient (Wildman–Crippen LogP) is 4.52. The van der Waals surface area contributed by atoms with Crippen LogP contribution in [-0.4, -0.2) is 42.1 Å². The Bertz CT molecular complexity index is 1420. The number of nitrogens with one attached hydrogen (secondary N) is 2. The number of pyridine rings is 1. The lowest BCUT2D eigenvalue weighted by Gasteiger charge is -2.29. The van der Waals surface area contributed by atoms with Gasteiger partial charge in [0.2, 0.25) is 10.0 Å². The zero-order valence-electron chi connectivity index (χ0n) is 21.0. The highest BCUT2D eigenvalue weighted by Gasteiger charge is 2.41. The first-order valence-electron chi connectivity index (χ1n) is 12.8. The molecule has 2 aliphatic carbocycles. The molecule has 2 saturated carbocycles. The van der Waals surface area contributed by atoms with Gasteiger partial charge in [-0.05, 0) is 81.8 Å². The molecule has 12 heteroatoms. The Kier molecular flexibility index (Phi) is 7.21. The minimum atomic E-state index is -4.12. The Morgan fingerprint density at radius 1 is 1.08 bits per heavy atom. The molecule has 2 aliphatic rings. The van der Waals surface area contributed by atoms with Gasteiger partial charge in [-0.25, -0.2) is 18.1 Å². The van der Waals surface area contributed by atoms with Crippen LogP contribution in [-0.2, 0) is 23.0 Å². The van der Waals surface area contributed by atoms with E-state index in [1.807, 2.05) is 6.07 Å². The molecule has 0 bridgehead atoms. The molecule has 1 aromatic carbocycles. The van der Waals surface area contributed by atoms with Crippen molar-refractivity contribution < 1.29 is 26.4 Å². The van der Waals surface area contributed by atoms with Gasteiger partial charge in [0.15, 0.2) is 0 Å². The first-order valence-corrected chi connectivity index (χ1v) is 14.3. The first-order chi connectivity index (χ1) is 18.0. The smallest absolute Gasteiger partial charge is 0.346 e. The number of nitrogens with zero attached hydrogens (tertiary/aromatic N) is 3. The van der Waals surface area contributed by atoms with E-state index in [1.54, 1.807) is 18.2 Å². The number of alkyl halides is 3. The Morgan fingerprint density at radius 3 is 2.42 bits per heavy atom. The number of hydrogen-bond acceptors (Lipinski definition) is 5. The maximum Gasteiger partial charge on any atom is 0.391 e. The monoisotopic (exact) mass is 549 g/mol. The number of imidazole rings is 1. The summed E-state index contributed by atoms with van der Waals surface area (Å²) in [5, 5.41) is 2.80. The molecule has 0 radical (unpaired) electrons. The van der Waals surface area contributed by atoms with Crippen LogP contribution in [0.5, 0.6) is 0 Å². The van der Waals surface area contributed by atoms with Crippen molar-refractivity contribution in [1.82, 2.24) is 24.6 Å². The van der Waals surface area contributed by atoms with Crippen LogP contribution in [0, 0.1) is 11.8 Å². The minimum Gasteiger partial charge on any atom is -0.346 e. The van der Waals surface area contributed by atoms with Crippen LogP contribution in [0.25, 0.3) is 11.0 Å². The van der Waals surface area contributed by atoms with Crippen molar-refractivity contribution in [2.75, 3.05) is 7.05 Å². The van der Waals surface area contributed by atoms with E-state index in [4.69, 9.17) is 4.98 Å². The number of hydrogen-bond donors (Lipinski definition) is 2. The van der Waals surface area contributed by atoms with E-state index >= 15 is 0 Å². The van der Waals surface area contributed by atoms with Gasteiger partial charge < -0.3 is 9.88 Å². The van der Waals surface area contributed by atoms with E-state index < -0.39 is 22.1 Å². The van der Waals surface area contributed by atoms with Crippen molar-refractivity contribution in [2.24, 2.45) is 11.8 Å². The molecule has 2 heterocycles. The van der Waals surface area contributed by atoms with Gasteiger partial charge in [-0.1, -0.05) is 0 Å². The molecule has 0 aliphatic heterocycles. The average molecular weight is 550 g/mol. The predicted molar refractivity (Wildman–Crippen MR) is 135 cm³/mol. The molecule has 0 spiro atoms. The third-order valence-corrected chi connectivity index (χ3v) is 8.92. The molecular formula is C26H30F3N5O3S. The number of sulfonamides is 1. The molecule has 5 rings (SSSR count). The summed E-state index contributed by atoms with van der Waals surface area (Å²) in [7, 11) is -2.27. The van der Waals surface area contributed by atoms with Crippen LogP contribution in [0.1, 0.15) is 66.4 Å². The maximum absolute atomic E-state index is 13.1. The Balaban J connectivity index is 1.27. The second-order valence-corrected chi connectivity index (χ2v) is 12.1. The average Bonchev–Trinajstić information content (AvgIpc) is 3.67. The molecule has 2 fully saturated rings. The molecule has 2 N–H and O–H groups in total. The second kappa shape index (κ2) is 10.3. The number of benzene rings is 1. The fourth-order valence-corrected chi connectivity index (χ4v) is 5.87. The van der Waals surface area contributed by atoms with Gasteiger partial charge in [0.25, 0.3) is 5.91 Å². The van der Waals surface area contributed by atoms with E-state index in [0.717, 1.165) is 24.2 Å². The molecule has 3 aromatic rings. The number of fused-ring (bicyclic) bond motifs is 1. The maximum atomic E-state index is 13.1. The van der Waals surface area contributed by atoms with Crippen molar-refractivity contribution in [3.63, 3.8) is 0 Å². The van der Waals surface area contributed by atoms with Crippen molar-refractivity contribution in [2.45, 2.75) is 68.6 Å². The van der Waals surface area contributed by atoms with Gasteiger partial charge >= 0.3 is 6.18 Å². The lowest BCUT2D eigenvalue weighted by atomic mass is 9.80. The summed E-state index contributed by atoms with van der Waals surface area (Å²) >= 11 is 0. The summed E-state index contributed by atoms with van der Waals surface area (Å²) in [6.45, 7) is 0.124. The van der Waals surface area contributed by atoms with Crippen molar-refractivity contribution in [3.8, 4) is 0 Å². The van der Waals surface area contributed by atoms with E-state index in [0.29, 0.717) is 42.1 Å². The van der Waals surface area contributed by atoms with Crippen LogP contribution in [0.3, 0.4) is 0 Å². The normalized spacial score (nSPS) is 20.5. The van der Waals surface area contributed by atoms with E-state index in [2.05, 4.69) is 19.6 Å².